The largest absolute Gasteiger partial charge is 0.300 e. The van der Waals surface area contributed by atoms with Crippen LogP contribution in [0.15, 0.2) is 17.0 Å². The van der Waals surface area contributed by atoms with Gasteiger partial charge in [0.25, 0.3) is 0 Å². The summed E-state index contributed by atoms with van der Waals surface area (Å²) in [5.41, 5.74) is 1.52. The number of hydrogen-bond acceptors (Lipinski definition) is 3. The van der Waals surface area contributed by atoms with Crippen molar-refractivity contribution in [1.29, 1.82) is 0 Å². The highest BCUT2D eigenvalue weighted by molar-refractivity contribution is 7.89. The van der Waals surface area contributed by atoms with Crippen molar-refractivity contribution in [2.24, 2.45) is 5.92 Å². The smallest absolute Gasteiger partial charge is 0.243 e. The van der Waals surface area contributed by atoms with Crippen molar-refractivity contribution >= 4 is 34.0 Å². The predicted octanol–water partition coefficient (Wildman–Crippen LogP) is 4.65. The third kappa shape index (κ3) is 4.81. The molecule has 2 fully saturated rings. The van der Waals surface area contributed by atoms with E-state index in [0.717, 1.165) is 43.8 Å². The van der Waals surface area contributed by atoms with Gasteiger partial charge in [-0.05, 0) is 88.2 Å². The molecule has 2 aliphatic rings. The molecule has 1 aliphatic heterocycles. The molecule has 1 aromatic carbocycles. The Bertz CT molecular complexity index is 761. The predicted molar refractivity (Wildman–Crippen MR) is 115 cm³/mol. The Morgan fingerprint density at radius 3 is 2.33 bits per heavy atom. The zero-order valence-corrected chi connectivity index (χ0v) is 19.1. The molecule has 0 amide bonds. The Kier molecular flexibility index (Phi) is 7.65. The summed E-state index contributed by atoms with van der Waals surface area (Å²) in [5.74, 6) is 0.822. The van der Waals surface area contributed by atoms with Crippen molar-refractivity contribution in [1.82, 2.24) is 9.21 Å². The molecule has 0 spiro atoms. The van der Waals surface area contributed by atoms with E-state index >= 15 is 0 Å². The average Bonchev–Trinajstić information content (AvgIpc) is 3.07. The maximum absolute atomic E-state index is 13.2. The standard InChI is InChI=1S/C20H31ClN2O2S.ClH/c1-14-7-9-23(10-8-14)18-6-5-17(13-18)22(4)26(24,25)20-12-15(2)19(21)11-16(20)3;/h11-12,14,17-18H,5-10,13H2,1-4H3;1H. The molecule has 1 aliphatic carbocycles. The molecule has 1 saturated heterocycles. The van der Waals surface area contributed by atoms with Crippen LogP contribution in [0.5, 0.6) is 0 Å². The number of hydrogen-bond donors (Lipinski definition) is 0. The number of piperidine rings is 1. The first kappa shape index (κ1) is 23.0. The van der Waals surface area contributed by atoms with Crippen LogP contribution >= 0.6 is 24.0 Å². The van der Waals surface area contributed by atoms with Crippen molar-refractivity contribution in [2.75, 3.05) is 20.1 Å². The van der Waals surface area contributed by atoms with Crippen molar-refractivity contribution in [3.05, 3.63) is 28.3 Å². The lowest BCUT2D eigenvalue weighted by Crippen LogP contribution is -2.41. The number of benzene rings is 1. The molecule has 0 N–H and O–H groups in total. The second-order valence-corrected chi connectivity index (χ2v) is 10.6. The van der Waals surface area contributed by atoms with Crippen LogP contribution < -0.4 is 0 Å². The minimum Gasteiger partial charge on any atom is -0.300 e. The topological polar surface area (TPSA) is 40.6 Å². The molecule has 2 atom stereocenters. The van der Waals surface area contributed by atoms with Gasteiger partial charge in [0.15, 0.2) is 0 Å². The summed E-state index contributed by atoms with van der Waals surface area (Å²) in [6, 6.07) is 4.07. The Balaban J connectivity index is 0.00000261. The van der Waals surface area contributed by atoms with Gasteiger partial charge in [-0.3, -0.25) is 0 Å². The minimum absolute atomic E-state index is 0. The highest BCUT2D eigenvalue weighted by Gasteiger charge is 2.37. The van der Waals surface area contributed by atoms with E-state index in [0.29, 0.717) is 21.5 Å². The van der Waals surface area contributed by atoms with Gasteiger partial charge in [0.2, 0.25) is 10.0 Å². The molecule has 0 radical (unpaired) electrons. The summed E-state index contributed by atoms with van der Waals surface area (Å²) < 4.78 is 28.0. The van der Waals surface area contributed by atoms with E-state index in [-0.39, 0.29) is 18.4 Å². The summed E-state index contributed by atoms with van der Waals surface area (Å²) in [6.45, 7) is 8.31. The number of likely N-dealkylation sites (tertiary alicyclic amines) is 1. The van der Waals surface area contributed by atoms with Crippen molar-refractivity contribution in [3.63, 3.8) is 0 Å². The Labute approximate surface area is 175 Å². The van der Waals surface area contributed by atoms with Crippen LogP contribution in [0.1, 0.15) is 50.2 Å². The second-order valence-electron chi connectivity index (χ2n) is 8.23. The average molecular weight is 435 g/mol. The first-order valence-electron chi connectivity index (χ1n) is 9.69. The van der Waals surface area contributed by atoms with Crippen molar-refractivity contribution in [2.45, 2.75) is 69.9 Å². The molecule has 27 heavy (non-hydrogen) atoms. The van der Waals surface area contributed by atoms with E-state index in [1.54, 1.807) is 23.5 Å². The van der Waals surface area contributed by atoms with Gasteiger partial charge in [0, 0.05) is 24.2 Å². The van der Waals surface area contributed by atoms with Gasteiger partial charge in [-0.1, -0.05) is 18.5 Å². The molecule has 3 rings (SSSR count). The fourth-order valence-electron chi connectivity index (χ4n) is 4.37. The molecule has 154 valence electrons. The van der Waals surface area contributed by atoms with Crippen molar-refractivity contribution in [3.8, 4) is 0 Å². The Hall–Kier alpha value is -0.330. The lowest BCUT2D eigenvalue weighted by molar-refractivity contribution is 0.136. The fraction of sp³-hybridized carbons (Fsp3) is 0.700. The maximum Gasteiger partial charge on any atom is 0.243 e. The highest BCUT2D eigenvalue weighted by Crippen LogP contribution is 2.34. The highest BCUT2D eigenvalue weighted by atomic mass is 35.5. The number of sulfonamides is 1. The van der Waals surface area contributed by atoms with Crippen LogP contribution in [0.4, 0.5) is 0 Å². The maximum atomic E-state index is 13.2. The molecule has 0 bridgehead atoms. The molecule has 0 aromatic heterocycles. The summed E-state index contributed by atoms with van der Waals surface area (Å²) in [7, 11) is -1.76. The lowest BCUT2D eigenvalue weighted by atomic mass is 9.97. The van der Waals surface area contributed by atoms with E-state index in [1.165, 1.54) is 12.8 Å². The lowest BCUT2D eigenvalue weighted by Gasteiger charge is -2.35. The van der Waals surface area contributed by atoms with Crippen LogP contribution in [-0.2, 0) is 10.0 Å². The van der Waals surface area contributed by atoms with Crippen LogP contribution in [0.25, 0.3) is 0 Å². The van der Waals surface area contributed by atoms with E-state index in [1.807, 2.05) is 13.8 Å². The zero-order chi connectivity index (χ0) is 19.1. The van der Waals surface area contributed by atoms with Gasteiger partial charge in [-0.25, -0.2) is 8.42 Å². The van der Waals surface area contributed by atoms with Crippen LogP contribution in [0, 0.1) is 19.8 Å². The number of aryl methyl sites for hydroxylation is 2. The third-order valence-corrected chi connectivity index (χ3v) is 8.80. The van der Waals surface area contributed by atoms with E-state index < -0.39 is 10.0 Å². The monoisotopic (exact) mass is 434 g/mol. The molecule has 4 nitrogen and oxygen atoms in total. The van der Waals surface area contributed by atoms with Crippen LogP contribution in [0.3, 0.4) is 0 Å². The normalized spacial score (nSPS) is 25.0. The molecule has 1 saturated carbocycles. The van der Waals surface area contributed by atoms with Gasteiger partial charge in [-0.2, -0.15) is 4.31 Å². The summed E-state index contributed by atoms with van der Waals surface area (Å²) >= 11 is 6.14. The molecule has 1 aromatic rings. The Morgan fingerprint density at radius 2 is 1.70 bits per heavy atom. The third-order valence-electron chi connectivity index (χ3n) is 6.34. The SMILES string of the molecule is Cc1cc(S(=O)(=O)N(C)C2CCC(N3CCC(C)CC3)C2)c(C)cc1Cl.Cl. The van der Waals surface area contributed by atoms with Crippen molar-refractivity contribution < 1.29 is 8.42 Å². The van der Waals surface area contributed by atoms with E-state index in [4.69, 9.17) is 11.6 Å². The van der Waals surface area contributed by atoms with Crippen LogP contribution in [0.2, 0.25) is 5.02 Å². The quantitative estimate of drug-likeness (QED) is 0.691. The zero-order valence-electron chi connectivity index (χ0n) is 16.7. The van der Waals surface area contributed by atoms with Gasteiger partial charge in [0.05, 0.1) is 4.90 Å². The van der Waals surface area contributed by atoms with Gasteiger partial charge >= 0.3 is 0 Å². The fourth-order valence-corrected chi connectivity index (χ4v) is 6.28. The summed E-state index contributed by atoms with van der Waals surface area (Å²) in [5, 5.41) is 0.615. The second kappa shape index (κ2) is 9.00. The number of halogens is 2. The number of rotatable bonds is 4. The summed E-state index contributed by atoms with van der Waals surface area (Å²) in [6.07, 6.45) is 5.50. The Morgan fingerprint density at radius 1 is 1.07 bits per heavy atom. The molecule has 1 heterocycles. The van der Waals surface area contributed by atoms with E-state index in [9.17, 15) is 8.42 Å². The first-order valence-corrected chi connectivity index (χ1v) is 11.5. The van der Waals surface area contributed by atoms with E-state index in [2.05, 4.69) is 11.8 Å². The van der Waals surface area contributed by atoms with Gasteiger partial charge in [-0.15, -0.1) is 12.4 Å². The first-order chi connectivity index (χ1) is 12.2. The minimum atomic E-state index is -3.50. The number of nitrogens with zero attached hydrogens (tertiary/aromatic N) is 2. The summed E-state index contributed by atoms with van der Waals surface area (Å²) in [4.78, 5) is 2.97. The van der Waals surface area contributed by atoms with Gasteiger partial charge < -0.3 is 4.90 Å². The molecule has 7 heteroatoms. The van der Waals surface area contributed by atoms with Gasteiger partial charge in [0.1, 0.15) is 0 Å². The molecular formula is C20H32Cl2N2O2S. The molecular weight excluding hydrogens is 403 g/mol. The van der Waals surface area contributed by atoms with Crippen LogP contribution in [-0.4, -0.2) is 49.8 Å². The molecule has 2 unspecified atom stereocenters.